The maximum Gasteiger partial charge on any atom is 0.405 e. The molecule has 1 aromatic heterocycles. The average molecular weight is 487 g/mol. The first-order chi connectivity index (χ1) is 16.0. The van der Waals surface area contributed by atoms with Gasteiger partial charge in [0.2, 0.25) is 10.0 Å². The first-order valence-corrected chi connectivity index (χ1v) is 12.3. The van der Waals surface area contributed by atoms with Crippen LogP contribution in [0, 0.1) is 20.8 Å². The van der Waals surface area contributed by atoms with Gasteiger partial charge in [0.15, 0.2) is 0 Å². The van der Waals surface area contributed by atoms with Crippen molar-refractivity contribution in [2.45, 2.75) is 44.3 Å². The van der Waals surface area contributed by atoms with E-state index >= 15 is 0 Å². The topological polar surface area (TPSA) is 62.0 Å². The number of aryl methyl sites for hydroxylation is 3. The van der Waals surface area contributed by atoms with Crippen molar-refractivity contribution >= 4 is 20.9 Å². The molecule has 1 atom stereocenters. The van der Waals surface area contributed by atoms with Gasteiger partial charge in [-0.2, -0.15) is 17.9 Å². The molecule has 4 rings (SSSR count). The van der Waals surface area contributed by atoms with Crippen LogP contribution in [0.5, 0.6) is 0 Å². The van der Waals surface area contributed by atoms with Crippen LogP contribution in [0.3, 0.4) is 0 Å². The lowest BCUT2D eigenvalue weighted by Gasteiger charge is -2.23. The Kier molecular flexibility index (Phi) is 6.31. The Bertz CT molecular complexity index is 1420. The predicted molar refractivity (Wildman–Crippen MR) is 128 cm³/mol. The third-order valence-corrected chi connectivity index (χ3v) is 7.64. The Morgan fingerprint density at radius 1 is 0.912 bits per heavy atom. The van der Waals surface area contributed by atoms with Crippen LogP contribution >= 0.6 is 0 Å². The van der Waals surface area contributed by atoms with E-state index in [9.17, 15) is 21.6 Å². The summed E-state index contributed by atoms with van der Waals surface area (Å²) in [5.74, 6) is 0. The molecule has 0 saturated heterocycles. The molecule has 0 aliphatic heterocycles. The van der Waals surface area contributed by atoms with Crippen molar-refractivity contribution in [1.82, 2.24) is 9.71 Å². The molecule has 0 fully saturated rings. The van der Waals surface area contributed by atoms with Crippen molar-refractivity contribution in [1.29, 1.82) is 0 Å². The van der Waals surface area contributed by atoms with Gasteiger partial charge >= 0.3 is 6.18 Å². The predicted octanol–water partition coefficient (Wildman–Crippen LogP) is 6.21. The van der Waals surface area contributed by atoms with Crippen LogP contribution in [0.2, 0.25) is 0 Å². The van der Waals surface area contributed by atoms with Crippen LogP contribution in [0.25, 0.3) is 22.0 Å². The second-order valence-electron chi connectivity index (χ2n) is 8.59. The number of sulfonamides is 1. The van der Waals surface area contributed by atoms with E-state index < -0.39 is 28.7 Å². The van der Waals surface area contributed by atoms with E-state index in [2.05, 4.69) is 4.98 Å². The van der Waals surface area contributed by atoms with Gasteiger partial charge in [0, 0.05) is 17.1 Å². The number of alkyl halides is 3. The Morgan fingerprint density at radius 2 is 1.56 bits per heavy atom. The van der Waals surface area contributed by atoms with Crippen LogP contribution in [0.4, 0.5) is 13.2 Å². The third kappa shape index (κ3) is 4.88. The molecule has 4 aromatic rings. The van der Waals surface area contributed by atoms with Crippen LogP contribution < -0.4 is 4.72 Å². The second-order valence-corrected chi connectivity index (χ2v) is 10.2. The molecule has 0 radical (unpaired) electrons. The van der Waals surface area contributed by atoms with Gasteiger partial charge in [0.25, 0.3) is 0 Å². The lowest BCUT2D eigenvalue weighted by molar-refractivity contribution is -0.150. The molecule has 3 aromatic carbocycles. The molecule has 34 heavy (non-hydrogen) atoms. The Morgan fingerprint density at radius 3 is 2.18 bits per heavy atom. The second kappa shape index (κ2) is 8.92. The minimum absolute atomic E-state index is 0.113. The van der Waals surface area contributed by atoms with E-state index in [1.807, 2.05) is 60.2 Å². The molecule has 0 aliphatic carbocycles. The molecular formula is C26H25F3N2O2S. The van der Waals surface area contributed by atoms with Gasteiger partial charge in [0.1, 0.15) is 6.04 Å². The highest BCUT2D eigenvalue weighted by atomic mass is 32.2. The molecule has 0 saturated carbocycles. The standard InChI is InChI=1S/C26H25F3N2O2S/c1-16-11-17(2)25(18(3)12-16)34(32,33)31-24(26(27,28)29)14-21-15-30-23-10-9-20(13-22(21)23)19-7-5-4-6-8-19/h4-13,15,24,30-31H,14H2,1-3H3. The number of aromatic nitrogens is 1. The molecule has 2 N–H and O–H groups in total. The number of benzene rings is 3. The summed E-state index contributed by atoms with van der Waals surface area (Å²) in [6.07, 6.45) is -3.81. The summed E-state index contributed by atoms with van der Waals surface area (Å²) in [6.45, 7) is 4.98. The number of aromatic amines is 1. The van der Waals surface area contributed by atoms with Gasteiger partial charge in [-0.25, -0.2) is 8.42 Å². The van der Waals surface area contributed by atoms with Crippen LogP contribution in [-0.4, -0.2) is 25.6 Å². The normalized spacial score (nSPS) is 13.4. The lowest BCUT2D eigenvalue weighted by atomic mass is 10.0. The SMILES string of the molecule is Cc1cc(C)c(S(=O)(=O)NC(Cc2c[nH]c3ccc(-c4ccccc4)cc23)C(F)(F)F)c(C)c1. The van der Waals surface area contributed by atoms with Gasteiger partial charge in [-0.3, -0.25) is 0 Å². The van der Waals surface area contributed by atoms with E-state index in [0.29, 0.717) is 27.6 Å². The summed E-state index contributed by atoms with van der Waals surface area (Å²) >= 11 is 0. The molecule has 0 amide bonds. The zero-order valence-corrected chi connectivity index (χ0v) is 19.8. The number of nitrogens with one attached hydrogen (secondary N) is 2. The fourth-order valence-electron chi connectivity index (χ4n) is 4.44. The van der Waals surface area contributed by atoms with Crippen molar-refractivity contribution in [2.75, 3.05) is 0 Å². The van der Waals surface area contributed by atoms with E-state index in [-0.39, 0.29) is 4.90 Å². The van der Waals surface area contributed by atoms with Crippen molar-refractivity contribution in [3.63, 3.8) is 0 Å². The van der Waals surface area contributed by atoms with Crippen LogP contribution in [-0.2, 0) is 16.4 Å². The smallest absolute Gasteiger partial charge is 0.361 e. The number of hydrogen-bond acceptors (Lipinski definition) is 2. The molecule has 0 spiro atoms. The summed E-state index contributed by atoms with van der Waals surface area (Å²) in [7, 11) is -4.41. The summed E-state index contributed by atoms with van der Waals surface area (Å²) in [5.41, 5.74) is 4.53. The van der Waals surface area contributed by atoms with E-state index in [0.717, 1.165) is 16.7 Å². The summed E-state index contributed by atoms with van der Waals surface area (Å²) in [5, 5.41) is 0.623. The Labute approximate surface area is 196 Å². The maximum atomic E-state index is 14.0. The highest BCUT2D eigenvalue weighted by molar-refractivity contribution is 7.89. The number of hydrogen-bond donors (Lipinski definition) is 2. The van der Waals surface area contributed by atoms with E-state index in [4.69, 9.17) is 0 Å². The van der Waals surface area contributed by atoms with Crippen molar-refractivity contribution in [3.05, 3.63) is 89.1 Å². The molecule has 1 unspecified atom stereocenters. The maximum absolute atomic E-state index is 14.0. The summed E-state index contributed by atoms with van der Waals surface area (Å²) in [6, 6.07) is 16.1. The first-order valence-electron chi connectivity index (χ1n) is 10.8. The Hall–Kier alpha value is -3.10. The van der Waals surface area contributed by atoms with Crippen molar-refractivity contribution in [3.8, 4) is 11.1 Å². The summed E-state index contributed by atoms with van der Waals surface area (Å²) in [4.78, 5) is 2.88. The number of halogens is 3. The molecule has 0 aliphatic rings. The lowest BCUT2D eigenvalue weighted by Crippen LogP contribution is -2.47. The fourth-order valence-corrected chi connectivity index (χ4v) is 6.11. The molecule has 8 heteroatoms. The third-order valence-electron chi connectivity index (χ3n) is 5.86. The minimum atomic E-state index is -4.78. The van der Waals surface area contributed by atoms with Crippen LogP contribution in [0.1, 0.15) is 22.3 Å². The zero-order valence-electron chi connectivity index (χ0n) is 19.0. The average Bonchev–Trinajstić information content (AvgIpc) is 3.14. The first kappa shape index (κ1) is 24.0. The summed E-state index contributed by atoms with van der Waals surface area (Å²) < 4.78 is 70.1. The van der Waals surface area contributed by atoms with Gasteiger partial charge < -0.3 is 4.98 Å². The molecule has 178 valence electrons. The fraction of sp³-hybridized carbons (Fsp3) is 0.231. The van der Waals surface area contributed by atoms with Gasteiger partial charge in [-0.1, -0.05) is 54.1 Å². The minimum Gasteiger partial charge on any atom is -0.361 e. The number of fused-ring (bicyclic) bond motifs is 1. The number of rotatable bonds is 6. The molecular weight excluding hydrogens is 461 g/mol. The van der Waals surface area contributed by atoms with Crippen molar-refractivity contribution in [2.24, 2.45) is 0 Å². The molecule has 0 bridgehead atoms. The largest absolute Gasteiger partial charge is 0.405 e. The Balaban J connectivity index is 1.70. The van der Waals surface area contributed by atoms with Gasteiger partial charge in [0.05, 0.1) is 4.90 Å². The van der Waals surface area contributed by atoms with Gasteiger partial charge in [-0.05, 0) is 67.1 Å². The highest BCUT2D eigenvalue weighted by Gasteiger charge is 2.43. The number of H-pyrrole nitrogens is 1. The highest BCUT2D eigenvalue weighted by Crippen LogP contribution is 2.31. The van der Waals surface area contributed by atoms with Gasteiger partial charge in [-0.15, -0.1) is 0 Å². The molecule has 1 heterocycles. The monoisotopic (exact) mass is 486 g/mol. The van der Waals surface area contributed by atoms with Crippen molar-refractivity contribution < 1.29 is 21.6 Å². The molecule has 4 nitrogen and oxygen atoms in total. The van der Waals surface area contributed by atoms with E-state index in [1.54, 1.807) is 26.0 Å². The quantitative estimate of drug-likeness (QED) is 0.340. The zero-order chi connectivity index (χ0) is 24.7. The van der Waals surface area contributed by atoms with Crippen LogP contribution in [0.15, 0.2) is 71.8 Å². The van der Waals surface area contributed by atoms with E-state index in [1.165, 1.54) is 6.20 Å².